The quantitative estimate of drug-likeness (QED) is 0.921. The Labute approximate surface area is 142 Å². The lowest BCUT2D eigenvalue weighted by molar-refractivity contribution is 0.394. The summed E-state index contributed by atoms with van der Waals surface area (Å²) in [6.07, 6.45) is 1.04. The molecule has 0 saturated carbocycles. The lowest BCUT2D eigenvalue weighted by Gasteiger charge is -2.16. The fourth-order valence-electron chi connectivity index (χ4n) is 3.15. The standard InChI is InChI=1S/C18H21NO4S/c1-19-10-9-13(12-19)17-8-7-16(11-18(17)23-2)24(21,22)15-5-3-14(20)4-6-15/h3-8,11,13,20H,9-10,12H2,1-2H3. The molecule has 1 atom stereocenters. The molecule has 1 unspecified atom stereocenters. The Morgan fingerprint density at radius 2 is 1.79 bits per heavy atom. The fourth-order valence-corrected chi connectivity index (χ4v) is 4.42. The normalized spacial score (nSPS) is 18.7. The second kappa shape index (κ2) is 6.45. The van der Waals surface area contributed by atoms with E-state index in [0.29, 0.717) is 11.7 Å². The van der Waals surface area contributed by atoms with Gasteiger partial charge in [0.15, 0.2) is 0 Å². The molecule has 1 aliphatic rings. The number of phenols is 1. The number of hydrogen-bond donors (Lipinski definition) is 1. The molecule has 0 aliphatic carbocycles. The molecular formula is C18H21NO4S. The molecular weight excluding hydrogens is 326 g/mol. The third kappa shape index (κ3) is 3.12. The van der Waals surface area contributed by atoms with E-state index in [-0.39, 0.29) is 15.5 Å². The van der Waals surface area contributed by atoms with Crippen LogP contribution in [0.15, 0.2) is 52.3 Å². The maximum Gasteiger partial charge on any atom is 0.206 e. The molecule has 1 fully saturated rings. The SMILES string of the molecule is COc1cc(S(=O)(=O)c2ccc(O)cc2)ccc1C1CCN(C)C1. The van der Waals surface area contributed by atoms with Gasteiger partial charge in [-0.15, -0.1) is 0 Å². The highest BCUT2D eigenvalue weighted by Crippen LogP contribution is 2.35. The third-order valence-electron chi connectivity index (χ3n) is 4.49. The topological polar surface area (TPSA) is 66.8 Å². The molecule has 1 aliphatic heterocycles. The van der Waals surface area contributed by atoms with Gasteiger partial charge in [-0.3, -0.25) is 0 Å². The largest absolute Gasteiger partial charge is 0.508 e. The number of sulfone groups is 1. The molecule has 2 aromatic rings. The Balaban J connectivity index is 1.98. The fraction of sp³-hybridized carbons (Fsp3) is 0.333. The number of hydrogen-bond acceptors (Lipinski definition) is 5. The molecule has 0 aromatic heterocycles. The molecule has 128 valence electrons. The molecule has 0 amide bonds. The van der Waals surface area contributed by atoms with E-state index in [9.17, 15) is 13.5 Å². The van der Waals surface area contributed by atoms with E-state index in [4.69, 9.17) is 4.74 Å². The number of aromatic hydroxyl groups is 1. The predicted octanol–water partition coefficient (Wildman–Crippen LogP) is 2.65. The van der Waals surface area contributed by atoms with Crippen molar-refractivity contribution >= 4 is 9.84 Å². The van der Waals surface area contributed by atoms with Gasteiger partial charge in [-0.25, -0.2) is 8.42 Å². The lowest BCUT2D eigenvalue weighted by Crippen LogP contribution is -2.13. The third-order valence-corrected chi connectivity index (χ3v) is 6.26. The summed E-state index contributed by atoms with van der Waals surface area (Å²) in [5.41, 5.74) is 1.05. The van der Waals surface area contributed by atoms with E-state index in [1.165, 1.54) is 24.3 Å². The molecule has 1 N–H and O–H groups in total. The maximum atomic E-state index is 12.8. The Hall–Kier alpha value is -2.05. The summed E-state index contributed by atoms with van der Waals surface area (Å²) < 4.78 is 31.0. The summed E-state index contributed by atoms with van der Waals surface area (Å²) in [6.45, 7) is 1.97. The van der Waals surface area contributed by atoms with Crippen molar-refractivity contribution in [2.75, 3.05) is 27.2 Å². The van der Waals surface area contributed by atoms with Crippen molar-refractivity contribution < 1.29 is 18.3 Å². The number of nitrogens with zero attached hydrogens (tertiary/aromatic N) is 1. The maximum absolute atomic E-state index is 12.8. The average molecular weight is 347 g/mol. The monoisotopic (exact) mass is 347 g/mol. The van der Waals surface area contributed by atoms with Gasteiger partial charge in [0.05, 0.1) is 16.9 Å². The van der Waals surface area contributed by atoms with Gasteiger partial charge in [0.1, 0.15) is 11.5 Å². The summed E-state index contributed by atoms with van der Waals surface area (Å²) in [6, 6.07) is 10.6. The van der Waals surface area contributed by atoms with Gasteiger partial charge in [-0.05, 0) is 62.0 Å². The van der Waals surface area contributed by atoms with Gasteiger partial charge in [0.2, 0.25) is 9.84 Å². The number of likely N-dealkylation sites (tertiary alicyclic amines) is 1. The average Bonchev–Trinajstić information content (AvgIpc) is 3.01. The van der Waals surface area contributed by atoms with Crippen LogP contribution < -0.4 is 4.74 Å². The molecule has 1 saturated heterocycles. The van der Waals surface area contributed by atoms with Gasteiger partial charge < -0.3 is 14.7 Å². The van der Waals surface area contributed by atoms with E-state index >= 15 is 0 Å². The second-order valence-corrected chi connectivity index (χ2v) is 8.10. The molecule has 1 heterocycles. The van der Waals surface area contributed by atoms with Gasteiger partial charge in [-0.1, -0.05) is 6.07 Å². The zero-order valence-corrected chi connectivity index (χ0v) is 14.6. The Kier molecular flexibility index (Phi) is 4.51. The summed E-state index contributed by atoms with van der Waals surface area (Å²) in [5.74, 6) is 0.998. The second-order valence-electron chi connectivity index (χ2n) is 6.15. The molecule has 6 heteroatoms. The first kappa shape index (κ1) is 16.8. The first-order chi connectivity index (χ1) is 11.4. The molecule has 0 bridgehead atoms. The van der Waals surface area contributed by atoms with Crippen LogP contribution in [-0.4, -0.2) is 45.7 Å². The summed E-state index contributed by atoms with van der Waals surface area (Å²) in [4.78, 5) is 2.60. The minimum absolute atomic E-state index is 0.0345. The molecule has 3 rings (SSSR count). The summed E-state index contributed by atoms with van der Waals surface area (Å²) in [7, 11) is 0.00252. The van der Waals surface area contributed by atoms with Crippen LogP contribution in [0.5, 0.6) is 11.5 Å². The highest BCUT2D eigenvalue weighted by atomic mass is 32.2. The van der Waals surface area contributed by atoms with Crippen LogP contribution in [0.4, 0.5) is 0 Å². The molecule has 0 radical (unpaired) electrons. The molecule has 24 heavy (non-hydrogen) atoms. The highest BCUT2D eigenvalue weighted by Gasteiger charge is 2.26. The Bertz CT molecular complexity index is 831. The minimum atomic E-state index is -3.64. The first-order valence-corrected chi connectivity index (χ1v) is 9.30. The van der Waals surface area contributed by atoms with E-state index in [1.807, 2.05) is 6.07 Å². The first-order valence-electron chi connectivity index (χ1n) is 7.82. The van der Waals surface area contributed by atoms with E-state index in [2.05, 4.69) is 11.9 Å². The van der Waals surface area contributed by atoms with Gasteiger partial charge in [-0.2, -0.15) is 0 Å². The molecule has 2 aromatic carbocycles. The van der Waals surface area contributed by atoms with E-state index in [0.717, 1.165) is 25.1 Å². The van der Waals surface area contributed by atoms with Gasteiger partial charge in [0.25, 0.3) is 0 Å². The lowest BCUT2D eigenvalue weighted by atomic mass is 9.97. The zero-order valence-electron chi connectivity index (χ0n) is 13.8. The van der Waals surface area contributed by atoms with E-state index < -0.39 is 9.84 Å². The van der Waals surface area contributed by atoms with Crippen LogP contribution in [0.3, 0.4) is 0 Å². The molecule has 5 nitrogen and oxygen atoms in total. The van der Waals surface area contributed by atoms with Crippen LogP contribution in [0.2, 0.25) is 0 Å². The minimum Gasteiger partial charge on any atom is -0.508 e. The predicted molar refractivity (Wildman–Crippen MR) is 91.4 cm³/mol. The Morgan fingerprint density at radius 1 is 1.12 bits per heavy atom. The Morgan fingerprint density at radius 3 is 2.38 bits per heavy atom. The van der Waals surface area contributed by atoms with Crippen molar-refractivity contribution in [2.45, 2.75) is 22.1 Å². The van der Waals surface area contributed by atoms with Crippen molar-refractivity contribution in [1.29, 1.82) is 0 Å². The van der Waals surface area contributed by atoms with Gasteiger partial charge >= 0.3 is 0 Å². The van der Waals surface area contributed by atoms with Crippen molar-refractivity contribution in [1.82, 2.24) is 4.90 Å². The van der Waals surface area contributed by atoms with Crippen molar-refractivity contribution in [2.24, 2.45) is 0 Å². The number of likely N-dealkylation sites (N-methyl/N-ethyl adjacent to an activating group) is 1. The number of phenolic OH excluding ortho intramolecular Hbond substituents is 1. The van der Waals surface area contributed by atoms with Gasteiger partial charge in [0, 0.05) is 12.5 Å². The van der Waals surface area contributed by atoms with Crippen LogP contribution >= 0.6 is 0 Å². The van der Waals surface area contributed by atoms with Crippen molar-refractivity contribution in [3.63, 3.8) is 0 Å². The van der Waals surface area contributed by atoms with Crippen LogP contribution in [0, 0.1) is 0 Å². The zero-order chi connectivity index (χ0) is 17.3. The smallest absolute Gasteiger partial charge is 0.206 e. The number of methoxy groups -OCH3 is 1. The summed E-state index contributed by atoms with van der Waals surface area (Å²) >= 11 is 0. The van der Waals surface area contributed by atoms with Crippen molar-refractivity contribution in [3.8, 4) is 11.5 Å². The number of rotatable bonds is 4. The van der Waals surface area contributed by atoms with Crippen LogP contribution in [-0.2, 0) is 9.84 Å². The summed E-state index contributed by atoms with van der Waals surface area (Å²) in [5, 5.41) is 9.34. The number of ether oxygens (including phenoxy) is 1. The van der Waals surface area contributed by atoms with Crippen molar-refractivity contribution in [3.05, 3.63) is 48.0 Å². The highest BCUT2D eigenvalue weighted by molar-refractivity contribution is 7.91. The molecule has 0 spiro atoms. The number of benzene rings is 2. The van der Waals surface area contributed by atoms with Crippen LogP contribution in [0.1, 0.15) is 17.9 Å². The van der Waals surface area contributed by atoms with Crippen LogP contribution in [0.25, 0.3) is 0 Å². The van der Waals surface area contributed by atoms with E-state index in [1.54, 1.807) is 19.2 Å².